The zero-order valence-corrected chi connectivity index (χ0v) is 21.1. The van der Waals surface area contributed by atoms with E-state index in [1.54, 1.807) is 20.2 Å². The Balaban J connectivity index is 1.70. The Morgan fingerprint density at radius 2 is 1.79 bits per heavy atom. The molecule has 202 valence electrons. The Morgan fingerprint density at radius 3 is 2.38 bits per heavy atom. The van der Waals surface area contributed by atoms with Gasteiger partial charge in [-0.25, -0.2) is 23.3 Å². The third-order valence-corrected chi connectivity index (χ3v) is 6.85. The van der Waals surface area contributed by atoms with E-state index in [0.717, 1.165) is 18.2 Å². The summed E-state index contributed by atoms with van der Waals surface area (Å²) in [5, 5.41) is 10.6. The molecule has 3 N–H and O–H groups in total. The number of aromatic nitrogens is 6. The number of carbonyl (C=O) groups is 2. The van der Waals surface area contributed by atoms with Gasteiger partial charge >= 0.3 is 6.18 Å². The van der Waals surface area contributed by atoms with Crippen LogP contribution >= 0.6 is 11.3 Å². The summed E-state index contributed by atoms with van der Waals surface area (Å²) in [6.07, 6.45) is -6.15. The van der Waals surface area contributed by atoms with Gasteiger partial charge in [0.15, 0.2) is 11.3 Å². The average Bonchev–Trinajstić information content (AvgIpc) is 3.51. The van der Waals surface area contributed by atoms with Crippen LogP contribution in [0.5, 0.6) is 0 Å². The SMILES string of the molecule is Cc1cc(C(F)(F)F)n2nc(C(=O)Nc3c(C(N)=O)sc4nc(C(F)F)cc(-c5cn(C)nc5C)c34)cc2n1. The predicted octanol–water partition coefficient (Wildman–Crippen LogP) is 4.66. The summed E-state index contributed by atoms with van der Waals surface area (Å²) in [4.78, 5) is 33.3. The maximum Gasteiger partial charge on any atom is 0.433 e. The molecule has 0 bridgehead atoms. The van der Waals surface area contributed by atoms with Gasteiger partial charge in [0.05, 0.1) is 11.4 Å². The maximum atomic E-state index is 13.7. The molecule has 0 aromatic carbocycles. The standard InChI is InChI=1S/C23H17F5N8O2S/c1-8-4-14(23(26,27)28)36-15(30-8)6-13(34-36)21(38)32-17-16-10(11-7-35(3)33-9(11)2)5-12(19(24)25)31-22(16)39-18(17)20(29)37/h4-7,19H,1-3H3,(H2,29,37)(H,32,38). The highest BCUT2D eigenvalue weighted by molar-refractivity contribution is 7.21. The fourth-order valence-electron chi connectivity index (χ4n) is 4.19. The molecule has 0 fully saturated rings. The summed E-state index contributed by atoms with van der Waals surface area (Å²) in [7, 11) is 1.63. The van der Waals surface area contributed by atoms with E-state index in [2.05, 4.69) is 25.5 Å². The minimum atomic E-state index is -4.78. The second-order valence-electron chi connectivity index (χ2n) is 8.58. The van der Waals surface area contributed by atoms with Crippen LogP contribution in [0.3, 0.4) is 0 Å². The van der Waals surface area contributed by atoms with Gasteiger partial charge in [0.1, 0.15) is 21.1 Å². The van der Waals surface area contributed by atoms with Gasteiger partial charge in [-0.2, -0.15) is 23.4 Å². The van der Waals surface area contributed by atoms with Crippen molar-refractivity contribution in [2.75, 3.05) is 5.32 Å². The van der Waals surface area contributed by atoms with Gasteiger partial charge in [0, 0.05) is 36.0 Å². The van der Waals surface area contributed by atoms with Crippen LogP contribution in [-0.2, 0) is 13.2 Å². The molecule has 0 aliphatic rings. The summed E-state index contributed by atoms with van der Waals surface area (Å²) >= 11 is 0.687. The van der Waals surface area contributed by atoms with Crippen molar-refractivity contribution in [2.45, 2.75) is 26.4 Å². The molecule has 5 heterocycles. The molecule has 0 saturated carbocycles. The number of hydrogen-bond donors (Lipinski definition) is 2. The van der Waals surface area contributed by atoms with E-state index >= 15 is 0 Å². The van der Waals surface area contributed by atoms with E-state index in [1.807, 2.05) is 0 Å². The molecular formula is C23H17F5N8O2S. The number of anilines is 1. The molecule has 2 amide bonds. The molecule has 0 spiro atoms. The summed E-state index contributed by atoms with van der Waals surface area (Å²) in [6, 6.07) is 2.96. The number of thiophene rings is 1. The molecule has 0 radical (unpaired) electrons. The van der Waals surface area contributed by atoms with Gasteiger partial charge in [0.25, 0.3) is 18.2 Å². The normalized spacial score (nSPS) is 12.1. The zero-order valence-electron chi connectivity index (χ0n) is 20.3. The zero-order chi connectivity index (χ0) is 28.4. The third kappa shape index (κ3) is 4.56. The van der Waals surface area contributed by atoms with Crippen LogP contribution in [-0.4, -0.2) is 41.2 Å². The van der Waals surface area contributed by atoms with Crippen molar-refractivity contribution in [1.29, 1.82) is 0 Å². The van der Waals surface area contributed by atoms with E-state index in [-0.39, 0.29) is 37.7 Å². The van der Waals surface area contributed by atoms with E-state index in [9.17, 15) is 31.5 Å². The number of primary amides is 1. The molecule has 5 aromatic rings. The van der Waals surface area contributed by atoms with Crippen LogP contribution < -0.4 is 11.1 Å². The van der Waals surface area contributed by atoms with Crippen LogP contribution in [0.2, 0.25) is 0 Å². The monoisotopic (exact) mass is 564 g/mol. The molecule has 0 saturated heterocycles. The largest absolute Gasteiger partial charge is 0.433 e. The number of fused-ring (bicyclic) bond motifs is 2. The highest BCUT2D eigenvalue weighted by Gasteiger charge is 2.35. The van der Waals surface area contributed by atoms with Gasteiger partial charge in [-0.1, -0.05) is 0 Å². The molecule has 39 heavy (non-hydrogen) atoms. The second-order valence-corrected chi connectivity index (χ2v) is 9.58. The Labute approximate surface area is 219 Å². The number of amides is 2. The summed E-state index contributed by atoms with van der Waals surface area (Å²) in [5.74, 6) is -1.97. The lowest BCUT2D eigenvalue weighted by Crippen LogP contribution is -2.18. The number of pyridine rings is 1. The smallest absolute Gasteiger partial charge is 0.365 e. The van der Waals surface area contributed by atoms with Gasteiger partial charge < -0.3 is 11.1 Å². The molecule has 0 atom stereocenters. The van der Waals surface area contributed by atoms with Gasteiger partial charge in [-0.15, -0.1) is 11.3 Å². The van der Waals surface area contributed by atoms with Crippen molar-refractivity contribution in [3.05, 3.63) is 57.7 Å². The molecule has 10 nitrogen and oxygen atoms in total. The number of hydrogen-bond acceptors (Lipinski definition) is 7. The maximum absolute atomic E-state index is 13.7. The lowest BCUT2D eigenvalue weighted by atomic mass is 10.0. The average molecular weight is 565 g/mol. The van der Waals surface area contributed by atoms with Crippen LogP contribution in [0.15, 0.2) is 24.4 Å². The van der Waals surface area contributed by atoms with Crippen molar-refractivity contribution in [1.82, 2.24) is 29.4 Å². The Kier molecular flexibility index (Phi) is 6.08. The van der Waals surface area contributed by atoms with Crippen molar-refractivity contribution in [3.63, 3.8) is 0 Å². The highest BCUT2D eigenvalue weighted by atomic mass is 32.1. The van der Waals surface area contributed by atoms with Gasteiger partial charge in [-0.3, -0.25) is 14.3 Å². The van der Waals surface area contributed by atoms with Gasteiger partial charge in [-0.05, 0) is 31.5 Å². The van der Waals surface area contributed by atoms with Gasteiger partial charge in [0.2, 0.25) is 0 Å². The first kappa shape index (κ1) is 26.1. The predicted molar refractivity (Wildman–Crippen MR) is 131 cm³/mol. The van der Waals surface area contributed by atoms with E-state index in [4.69, 9.17) is 5.73 Å². The molecule has 0 unspecified atom stereocenters. The number of halogens is 5. The Bertz CT molecular complexity index is 1800. The minimum absolute atomic E-state index is 0.0122. The summed E-state index contributed by atoms with van der Waals surface area (Å²) in [5.41, 5.74) is 4.16. The Hall–Kier alpha value is -4.47. The second kappa shape index (κ2) is 9.07. The molecule has 5 aromatic heterocycles. The van der Waals surface area contributed by atoms with Crippen molar-refractivity contribution in [2.24, 2.45) is 12.8 Å². The number of carbonyl (C=O) groups excluding carboxylic acids is 2. The van der Waals surface area contributed by atoms with Crippen molar-refractivity contribution in [3.8, 4) is 11.1 Å². The fraction of sp³-hybridized carbons (Fsp3) is 0.217. The number of alkyl halides is 5. The first-order chi connectivity index (χ1) is 18.2. The molecule has 0 aliphatic heterocycles. The number of nitrogens with two attached hydrogens (primary N) is 1. The number of nitrogens with one attached hydrogen (secondary N) is 1. The molecule has 5 rings (SSSR count). The lowest BCUT2D eigenvalue weighted by Gasteiger charge is -2.10. The van der Waals surface area contributed by atoms with Crippen LogP contribution in [0, 0.1) is 13.8 Å². The molecule has 16 heteroatoms. The lowest BCUT2D eigenvalue weighted by molar-refractivity contribution is -0.142. The first-order valence-corrected chi connectivity index (χ1v) is 11.9. The number of rotatable bonds is 5. The fourth-order valence-corrected chi connectivity index (χ4v) is 5.20. The topological polar surface area (TPSA) is 133 Å². The summed E-state index contributed by atoms with van der Waals surface area (Å²) < 4.78 is 70.0. The highest BCUT2D eigenvalue weighted by Crippen LogP contribution is 2.43. The number of nitrogens with zero attached hydrogens (tertiary/aromatic N) is 6. The van der Waals surface area contributed by atoms with Crippen LogP contribution in [0.25, 0.3) is 27.0 Å². The number of aryl methyl sites for hydroxylation is 3. The van der Waals surface area contributed by atoms with E-state index in [1.165, 1.54) is 11.6 Å². The van der Waals surface area contributed by atoms with Crippen LogP contribution in [0.4, 0.5) is 27.6 Å². The minimum Gasteiger partial charge on any atom is -0.365 e. The van der Waals surface area contributed by atoms with E-state index < -0.39 is 41.5 Å². The quantitative estimate of drug-likeness (QED) is 0.298. The van der Waals surface area contributed by atoms with E-state index in [0.29, 0.717) is 27.1 Å². The first-order valence-electron chi connectivity index (χ1n) is 11.1. The van der Waals surface area contributed by atoms with Crippen molar-refractivity contribution < 1.29 is 31.5 Å². The summed E-state index contributed by atoms with van der Waals surface area (Å²) in [6.45, 7) is 3.01. The third-order valence-electron chi connectivity index (χ3n) is 5.75. The van der Waals surface area contributed by atoms with Crippen LogP contribution in [0.1, 0.15) is 49.4 Å². The Morgan fingerprint density at radius 1 is 1.08 bits per heavy atom. The molecular weight excluding hydrogens is 547 g/mol. The van der Waals surface area contributed by atoms with Crippen molar-refractivity contribution >= 4 is 44.7 Å². The molecule has 0 aliphatic carbocycles.